The van der Waals surface area contributed by atoms with E-state index in [1.165, 1.54) is 6.21 Å². The second-order valence-electron chi connectivity index (χ2n) is 5.42. The molecule has 7 heteroatoms. The maximum Gasteiger partial charge on any atom is 0.277 e. The summed E-state index contributed by atoms with van der Waals surface area (Å²) in [6, 6.07) is 16.1. The first-order chi connectivity index (χ1) is 12.5. The maximum atomic E-state index is 11.9. The summed E-state index contributed by atoms with van der Waals surface area (Å²) < 4.78 is 7.37. The van der Waals surface area contributed by atoms with Crippen LogP contribution in [0.2, 0.25) is 0 Å². The fourth-order valence-electron chi connectivity index (χ4n) is 2.27. The number of hydrogen-bond acceptors (Lipinski definition) is 4. The van der Waals surface area contributed by atoms with Crippen molar-refractivity contribution < 1.29 is 14.6 Å². The smallest absolute Gasteiger partial charge is 0.277 e. The Hall–Kier alpha value is -2.38. The summed E-state index contributed by atoms with van der Waals surface area (Å²) in [5, 5.41) is 15.1. The van der Waals surface area contributed by atoms with Gasteiger partial charge in [0.1, 0.15) is 11.5 Å². The van der Waals surface area contributed by atoms with E-state index in [4.69, 9.17) is 4.74 Å². The molecule has 0 saturated carbocycles. The van der Waals surface area contributed by atoms with E-state index >= 15 is 0 Å². The van der Waals surface area contributed by atoms with Gasteiger partial charge in [0, 0.05) is 4.47 Å². The minimum absolute atomic E-state index is 0.159. The van der Waals surface area contributed by atoms with E-state index in [-0.39, 0.29) is 18.3 Å². The van der Waals surface area contributed by atoms with Crippen LogP contribution in [0.15, 0.2) is 68.6 Å². The maximum absolute atomic E-state index is 11.9. The molecule has 3 rings (SSSR count). The van der Waals surface area contributed by atoms with Crippen molar-refractivity contribution in [3.63, 3.8) is 0 Å². The molecule has 26 heavy (non-hydrogen) atoms. The number of carbonyl (C=O) groups excluding carboxylic acids is 1. The van der Waals surface area contributed by atoms with Crippen molar-refractivity contribution in [1.82, 2.24) is 5.43 Å². The molecule has 0 bridgehead atoms. The van der Waals surface area contributed by atoms with Crippen LogP contribution in [0.5, 0.6) is 11.5 Å². The Morgan fingerprint density at radius 3 is 2.65 bits per heavy atom. The van der Waals surface area contributed by atoms with Gasteiger partial charge in [-0.3, -0.25) is 4.79 Å². The number of nitrogens with one attached hydrogen (secondary N) is 1. The Kier molecular flexibility index (Phi) is 5.90. The normalized spacial score (nSPS) is 11.0. The van der Waals surface area contributed by atoms with E-state index in [0.29, 0.717) is 5.75 Å². The van der Waals surface area contributed by atoms with Crippen molar-refractivity contribution in [3.05, 3.63) is 69.1 Å². The van der Waals surface area contributed by atoms with Crippen molar-refractivity contribution in [3.8, 4) is 11.5 Å². The molecule has 0 atom stereocenters. The summed E-state index contributed by atoms with van der Waals surface area (Å²) in [5.74, 6) is 0.383. The average molecular weight is 478 g/mol. The first kappa shape index (κ1) is 18.4. The van der Waals surface area contributed by atoms with E-state index in [9.17, 15) is 9.90 Å². The van der Waals surface area contributed by atoms with Gasteiger partial charge in [-0.1, -0.05) is 28.1 Å². The molecule has 3 aromatic rings. The van der Waals surface area contributed by atoms with Crippen LogP contribution >= 0.6 is 31.9 Å². The molecule has 0 aliphatic heterocycles. The molecule has 1 amide bonds. The Balaban J connectivity index is 1.59. The van der Waals surface area contributed by atoms with Gasteiger partial charge in [-0.15, -0.1) is 0 Å². The van der Waals surface area contributed by atoms with Gasteiger partial charge in [-0.25, -0.2) is 5.43 Å². The highest BCUT2D eigenvalue weighted by atomic mass is 79.9. The fourth-order valence-corrected chi connectivity index (χ4v) is 3.26. The van der Waals surface area contributed by atoms with Crippen LogP contribution in [-0.2, 0) is 4.79 Å². The third kappa shape index (κ3) is 4.62. The van der Waals surface area contributed by atoms with Gasteiger partial charge >= 0.3 is 0 Å². The van der Waals surface area contributed by atoms with E-state index in [1.807, 2.05) is 30.3 Å². The number of ether oxygens (including phenoxy) is 1. The predicted molar refractivity (Wildman–Crippen MR) is 109 cm³/mol. The van der Waals surface area contributed by atoms with Crippen molar-refractivity contribution in [2.45, 2.75) is 0 Å². The topological polar surface area (TPSA) is 70.9 Å². The number of benzene rings is 3. The zero-order chi connectivity index (χ0) is 18.5. The molecule has 0 spiro atoms. The average Bonchev–Trinajstić information content (AvgIpc) is 2.63. The van der Waals surface area contributed by atoms with Crippen LogP contribution in [-0.4, -0.2) is 23.8 Å². The number of carbonyl (C=O) groups is 1. The number of hydrogen-bond donors (Lipinski definition) is 2. The number of phenols is 1. The number of hydrazone groups is 1. The highest BCUT2D eigenvalue weighted by Gasteiger charge is 2.08. The lowest BCUT2D eigenvalue weighted by molar-refractivity contribution is -0.123. The Labute approximate surface area is 166 Å². The summed E-state index contributed by atoms with van der Waals surface area (Å²) in [5.41, 5.74) is 3.16. The lowest BCUT2D eigenvalue weighted by atomic mass is 10.1. The molecule has 132 valence electrons. The largest absolute Gasteiger partial charge is 0.508 e. The van der Waals surface area contributed by atoms with Crippen molar-refractivity contribution >= 4 is 54.8 Å². The molecule has 0 heterocycles. The zero-order valence-corrected chi connectivity index (χ0v) is 16.6. The molecule has 2 N–H and O–H groups in total. The molecular weight excluding hydrogens is 464 g/mol. The second kappa shape index (κ2) is 8.33. The van der Waals surface area contributed by atoms with Crippen LogP contribution in [0.25, 0.3) is 10.8 Å². The van der Waals surface area contributed by atoms with Gasteiger partial charge < -0.3 is 9.84 Å². The molecule has 0 aliphatic rings. The number of aromatic hydroxyl groups is 1. The van der Waals surface area contributed by atoms with E-state index in [2.05, 4.69) is 42.4 Å². The predicted octanol–water partition coefficient (Wildman–Crippen LogP) is 4.60. The van der Waals surface area contributed by atoms with Gasteiger partial charge in [-0.2, -0.15) is 5.10 Å². The van der Waals surface area contributed by atoms with Crippen LogP contribution in [0.3, 0.4) is 0 Å². The molecule has 0 saturated heterocycles. The highest BCUT2D eigenvalue weighted by molar-refractivity contribution is 9.11. The summed E-state index contributed by atoms with van der Waals surface area (Å²) in [7, 11) is 0. The quantitative estimate of drug-likeness (QED) is 0.416. The highest BCUT2D eigenvalue weighted by Crippen LogP contribution is 2.34. The third-order valence-corrected chi connectivity index (χ3v) is 4.85. The van der Waals surface area contributed by atoms with Crippen molar-refractivity contribution in [2.24, 2.45) is 5.10 Å². The minimum Gasteiger partial charge on any atom is -0.508 e. The molecule has 3 aromatic carbocycles. The second-order valence-corrected chi connectivity index (χ2v) is 7.13. The molecular formula is C19H14Br2N2O3. The summed E-state index contributed by atoms with van der Waals surface area (Å²) in [4.78, 5) is 11.9. The zero-order valence-electron chi connectivity index (χ0n) is 13.4. The molecule has 5 nitrogen and oxygen atoms in total. The van der Waals surface area contributed by atoms with Gasteiger partial charge in [0.15, 0.2) is 6.61 Å². The molecule has 0 aromatic heterocycles. The summed E-state index contributed by atoms with van der Waals surface area (Å²) >= 11 is 6.97. The number of amides is 1. The van der Waals surface area contributed by atoms with E-state index < -0.39 is 0 Å². The van der Waals surface area contributed by atoms with Crippen molar-refractivity contribution in [1.29, 1.82) is 0 Å². The Morgan fingerprint density at radius 1 is 1.12 bits per heavy atom. The summed E-state index contributed by atoms with van der Waals surface area (Å²) in [6.45, 7) is -0.159. The summed E-state index contributed by atoms with van der Waals surface area (Å²) in [6.07, 6.45) is 1.49. The van der Waals surface area contributed by atoms with Crippen LogP contribution in [0.1, 0.15) is 5.56 Å². The van der Waals surface area contributed by atoms with Gasteiger partial charge in [-0.05, 0) is 74.7 Å². The third-order valence-electron chi connectivity index (χ3n) is 3.54. The molecule has 0 fully saturated rings. The first-order valence-electron chi connectivity index (χ1n) is 7.64. The van der Waals surface area contributed by atoms with Gasteiger partial charge in [0.25, 0.3) is 5.91 Å². The number of fused-ring (bicyclic) bond motifs is 1. The van der Waals surface area contributed by atoms with Crippen LogP contribution < -0.4 is 10.2 Å². The molecule has 0 aliphatic carbocycles. The standard InChI is InChI=1S/C19H14Br2N2O3/c20-14-4-7-16-13(9-14)3-8-17(19(16)21)26-11-18(25)23-22-10-12-1-5-15(24)6-2-12/h1-10,24H,11H2,(H,23,25)/b22-10+. The number of nitrogens with zero attached hydrogens (tertiary/aromatic N) is 1. The van der Waals surface area contributed by atoms with Gasteiger partial charge in [0.05, 0.1) is 10.7 Å². The van der Waals surface area contributed by atoms with E-state index in [0.717, 1.165) is 25.3 Å². The van der Waals surface area contributed by atoms with Crippen LogP contribution in [0.4, 0.5) is 0 Å². The molecule has 0 radical (unpaired) electrons. The van der Waals surface area contributed by atoms with Gasteiger partial charge in [0.2, 0.25) is 0 Å². The van der Waals surface area contributed by atoms with Crippen LogP contribution in [0, 0.1) is 0 Å². The molecule has 0 unspecified atom stereocenters. The minimum atomic E-state index is -0.372. The van der Waals surface area contributed by atoms with Crippen molar-refractivity contribution in [2.75, 3.05) is 6.61 Å². The van der Waals surface area contributed by atoms with E-state index in [1.54, 1.807) is 24.3 Å². The lowest BCUT2D eigenvalue weighted by Gasteiger charge is -2.10. The monoisotopic (exact) mass is 476 g/mol. The Bertz CT molecular complexity index is 972. The Morgan fingerprint density at radius 2 is 1.88 bits per heavy atom. The SMILES string of the molecule is O=C(COc1ccc2cc(Br)ccc2c1Br)N/N=C/c1ccc(O)cc1. The number of phenolic OH excluding ortho intramolecular Hbond substituents is 1. The fraction of sp³-hybridized carbons (Fsp3) is 0.0526. The number of halogens is 2. The lowest BCUT2D eigenvalue weighted by Crippen LogP contribution is -2.24. The number of rotatable bonds is 5. The first-order valence-corrected chi connectivity index (χ1v) is 9.23.